The van der Waals surface area contributed by atoms with Gasteiger partial charge in [0.2, 0.25) is 0 Å². The summed E-state index contributed by atoms with van der Waals surface area (Å²) in [5.41, 5.74) is 6.24. The molecule has 3 unspecified atom stereocenters. The van der Waals surface area contributed by atoms with Crippen LogP contribution in [0.3, 0.4) is 0 Å². The van der Waals surface area contributed by atoms with Crippen molar-refractivity contribution in [2.45, 2.75) is 31.7 Å². The molecule has 18 heavy (non-hydrogen) atoms. The second-order valence-corrected chi connectivity index (χ2v) is 5.83. The summed E-state index contributed by atoms with van der Waals surface area (Å²) in [6.45, 7) is 6.83. The van der Waals surface area contributed by atoms with E-state index in [1.807, 2.05) is 6.92 Å². The maximum Gasteiger partial charge on any atom is 0.312 e. The molecule has 0 aromatic heterocycles. The van der Waals surface area contributed by atoms with Crippen molar-refractivity contribution >= 4 is 17.6 Å². The molecule has 1 aliphatic rings. The average Bonchev–Trinajstić information content (AvgIpc) is 2.24. The van der Waals surface area contributed by atoms with E-state index < -0.39 is 16.8 Å². The highest BCUT2D eigenvalue weighted by molar-refractivity contribution is 6.27. The van der Waals surface area contributed by atoms with Gasteiger partial charge in [0.1, 0.15) is 0 Å². The first-order chi connectivity index (χ1) is 8.27. The molecule has 0 radical (unpaired) electrons. The molecular formula is C13H21ClN2O2. The molecule has 0 fully saturated rings. The second-order valence-electron chi connectivity index (χ2n) is 5.17. The number of carbonyl (C=O) groups is 1. The van der Waals surface area contributed by atoms with Crippen LogP contribution < -0.4 is 11.1 Å². The fourth-order valence-electron chi connectivity index (χ4n) is 1.98. The van der Waals surface area contributed by atoms with E-state index in [-0.39, 0.29) is 6.04 Å². The van der Waals surface area contributed by atoms with Gasteiger partial charge in [-0.2, -0.15) is 0 Å². The molecule has 4 nitrogen and oxygen atoms in total. The zero-order chi connectivity index (χ0) is 13.9. The summed E-state index contributed by atoms with van der Waals surface area (Å²) in [7, 11) is 0. The van der Waals surface area contributed by atoms with Crippen molar-refractivity contribution in [2.24, 2.45) is 17.6 Å². The van der Waals surface area contributed by atoms with Gasteiger partial charge in [0, 0.05) is 11.7 Å². The summed E-state index contributed by atoms with van der Waals surface area (Å²) in [6, 6.07) is -0.189. The minimum atomic E-state index is -1.03. The van der Waals surface area contributed by atoms with E-state index in [0.717, 1.165) is 6.54 Å². The minimum absolute atomic E-state index is 0.189. The van der Waals surface area contributed by atoms with E-state index >= 15 is 0 Å². The number of nitrogens with one attached hydrogen (secondary N) is 1. The van der Waals surface area contributed by atoms with Crippen LogP contribution in [0.5, 0.6) is 0 Å². The van der Waals surface area contributed by atoms with Crippen molar-refractivity contribution in [3.63, 3.8) is 0 Å². The van der Waals surface area contributed by atoms with Gasteiger partial charge >= 0.3 is 5.97 Å². The van der Waals surface area contributed by atoms with E-state index in [2.05, 4.69) is 19.2 Å². The highest BCUT2D eigenvalue weighted by Gasteiger charge is 2.44. The molecule has 102 valence electrons. The Kier molecular flexibility index (Phi) is 4.82. The Labute approximate surface area is 113 Å². The van der Waals surface area contributed by atoms with Gasteiger partial charge in [0.25, 0.3) is 0 Å². The zero-order valence-electron chi connectivity index (χ0n) is 11.0. The summed E-state index contributed by atoms with van der Waals surface area (Å²) in [5, 5.41) is 12.5. The molecule has 1 rings (SSSR count). The van der Waals surface area contributed by atoms with Gasteiger partial charge in [0.15, 0.2) is 0 Å². The lowest BCUT2D eigenvalue weighted by Gasteiger charge is -2.37. The first-order valence-corrected chi connectivity index (χ1v) is 6.46. The van der Waals surface area contributed by atoms with E-state index in [1.165, 1.54) is 0 Å². The van der Waals surface area contributed by atoms with Gasteiger partial charge in [-0.05, 0) is 31.5 Å². The minimum Gasteiger partial charge on any atom is -0.481 e. The van der Waals surface area contributed by atoms with Crippen molar-refractivity contribution in [3.05, 3.63) is 23.9 Å². The van der Waals surface area contributed by atoms with Crippen LogP contribution in [-0.2, 0) is 4.79 Å². The number of halogens is 1. The van der Waals surface area contributed by atoms with Crippen molar-refractivity contribution in [1.82, 2.24) is 5.32 Å². The Morgan fingerprint density at radius 3 is 2.72 bits per heavy atom. The number of allylic oxidation sites excluding steroid dienone is 1. The third kappa shape index (κ3) is 3.27. The standard InChI is InChI=1S/C13H21ClN2O2/c1-8(2)7-16-9(3)13(14)6-10(15)4-5-11(13)12(17)18/h4-6,8-9,11,16H,7,15H2,1-3H3,(H,17,18). The molecule has 0 saturated carbocycles. The molecule has 0 heterocycles. The summed E-state index contributed by atoms with van der Waals surface area (Å²) in [4.78, 5) is 10.3. The van der Waals surface area contributed by atoms with Crippen LogP contribution in [0.1, 0.15) is 20.8 Å². The molecule has 0 bridgehead atoms. The monoisotopic (exact) mass is 272 g/mol. The number of aliphatic carboxylic acids is 1. The van der Waals surface area contributed by atoms with Crippen LogP contribution in [-0.4, -0.2) is 28.5 Å². The van der Waals surface area contributed by atoms with E-state index in [1.54, 1.807) is 18.2 Å². The lowest BCUT2D eigenvalue weighted by molar-refractivity contribution is -0.141. The number of nitrogens with two attached hydrogens (primary N) is 1. The predicted octanol–water partition coefficient (Wildman–Crippen LogP) is 1.71. The van der Waals surface area contributed by atoms with Crippen LogP contribution in [0.15, 0.2) is 23.9 Å². The fraction of sp³-hybridized carbons (Fsp3) is 0.615. The number of carboxylic acids is 1. The lowest BCUT2D eigenvalue weighted by Crippen LogP contribution is -2.52. The molecule has 0 saturated heterocycles. The molecule has 4 N–H and O–H groups in total. The first-order valence-electron chi connectivity index (χ1n) is 6.09. The second kappa shape index (κ2) is 5.76. The first kappa shape index (κ1) is 15.1. The smallest absolute Gasteiger partial charge is 0.312 e. The Hall–Kier alpha value is -1.00. The molecule has 5 heteroatoms. The number of hydrogen-bond donors (Lipinski definition) is 3. The van der Waals surface area contributed by atoms with Crippen LogP contribution in [0, 0.1) is 11.8 Å². The average molecular weight is 273 g/mol. The molecular weight excluding hydrogens is 252 g/mol. The predicted molar refractivity (Wildman–Crippen MR) is 73.4 cm³/mol. The van der Waals surface area contributed by atoms with Gasteiger partial charge in [0.05, 0.1) is 10.8 Å². The lowest BCUT2D eigenvalue weighted by atomic mass is 9.81. The largest absolute Gasteiger partial charge is 0.481 e. The van der Waals surface area contributed by atoms with Gasteiger partial charge in [-0.1, -0.05) is 19.9 Å². The SMILES string of the molecule is CC(C)CNC(C)C1(Cl)C=C(N)C=CC1C(=O)O. The maximum absolute atomic E-state index is 11.3. The van der Waals surface area contributed by atoms with E-state index in [9.17, 15) is 9.90 Å². The number of rotatable bonds is 5. The van der Waals surface area contributed by atoms with Gasteiger partial charge < -0.3 is 16.2 Å². The van der Waals surface area contributed by atoms with E-state index in [0.29, 0.717) is 11.6 Å². The van der Waals surface area contributed by atoms with Gasteiger partial charge in [-0.25, -0.2) is 0 Å². The van der Waals surface area contributed by atoms with Crippen LogP contribution in [0.2, 0.25) is 0 Å². The Morgan fingerprint density at radius 2 is 2.22 bits per heavy atom. The third-order valence-corrected chi connectivity index (χ3v) is 3.78. The number of hydrogen-bond acceptors (Lipinski definition) is 3. The highest BCUT2D eigenvalue weighted by atomic mass is 35.5. The highest BCUT2D eigenvalue weighted by Crippen LogP contribution is 2.36. The van der Waals surface area contributed by atoms with Crippen LogP contribution in [0.4, 0.5) is 0 Å². The quantitative estimate of drug-likeness (QED) is 0.666. The third-order valence-electron chi connectivity index (χ3n) is 3.11. The molecule has 1 aliphatic carbocycles. The Morgan fingerprint density at radius 1 is 1.61 bits per heavy atom. The van der Waals surface area contributed by atoms with Crippen LogP contribution in [0.25, 0.3) is 0 Å². The van der Waals surface area contributed by atoms with Crippen LogP contribution >= 0.6 is 11.6 Å². The summed E-state index contributed by atoms with van der Waals surface area (Å²) < 4.78 is 0. The molecule has 0 spiro atoms. The van der Waals surface area contributed by atoms with Gasteiger partial charge in [-0.15, -0.1) is 11.6 Å². The van der Waals surface area contributed by atoms with Crippen molar-refractivity contribution < 1.29 is 9.90 Å². The van der Waals surface area contributed by atoms with E-state index in [4.69, 9.17) is 17.3 Å². The molecule has 0 aromatic rings. The Balaban J connectivity index is 2.91. The maximum atomic E-state index is 11.3. The Bertz CT molecular complexity index is 379. The topological polar surface area (TPSA) is 75.3 Å². The molecule has 0 aliphatic heterocycles. The van der Waals surface area contributed by atoms with Crippen molar-refractivity contribution in [2.75, 3.05) is 6.54 Å². The van der Waals surface area contributed by atoms with Gasteiger partial charge in [-0.3, -0.25) is 4.79 Å². The summed E-state index contributed by atoms with van der Waals surface area (Å²) in [6.07, 6.45) is 4.78. The number of alkyl halides is 1. The normalized spacial score (nSPS) is 29.2. The molecule has 0 amide bonds. The summed E-state index contributed by atoms with van der Waals surface area (Å²) in [5.74, 6) is -1.25. The number of carboxylic acid groups (broad SMARTS) is 1. The molecule has 0 aromatic carbocycles. The fourth-order valence-corrected chi connectivity index (χ4v) is 2.35. The molecule has 3 atom stereocenters. The zero-order valence-corrected chi connectivity index (χ0v) is 11.7. The summed E-state index contributed by atoms with van der Waals surface area (Å²) >= 11 is 6.51. The van der Waals surface area contributed by atoms with Crippen molar-refractivity contribution in [3.8, 4) is 0 Å². The van der Waals surface area contributed by atoms with Crippen molar-refractivity contribution in [1.29, 1.82) is 0 Å².